The van der Waals surface area contributed by atoms with Crippen LogP contribution in [0.1, 0.15) is 76.4 Å². The lowest BCUT2D eigenvalue weighted by Crippen LogP contribution is -2.34. The Morgan fingerprint density at radius 1 is 0.863 bits per heavy atom. The molecule has 0 bridgehead atoms. The highest BCUT2D eigenvalue weighted by Crippen LogP contribution is 2.63. The summed E-state index contributed by atoms with van der Waals surface area (Å²) < 4.78 is 73.7. The molecule has 1 aromatic heterocycles. The molecule has 1 aliphatic carbocycles. The fourth-order valence-electron chi connectivity index (χ4n) is 6.21. The zero-order valence-electron chi connectivity index (χ0n) is 27.6. The highest BCUT2D eigenvalue weighted by molar-refractivity contribution is 7.99. The van der Waals surface area contributed by atoms with Gasteiger partial charge in [0.1, 0.15) is 23.3 Å². The molecule has 3 fully saturated rings. The first-order chi connectivity index (χ1) is 24.3. The van der Waals surface area contributed by atoms with Crippen molar-refractivity contribution in [1.29, 1.82) is 0 Å². The van der Waals surface area contributed by atoms with Gasteiger partial charge in [-0.2, -0.15) is 4.98 Å². The fraction of sp³-hybridized carbons (Fsp3) is 0.548. The van der Waals surface area contributed by atoms with E-state index in [1.165, 1.54) is 17.2 Å². The minimum absolute atomic E-state index is 0.295. The lowest BCUT2D eigenvalue weighted by atomic mass is 10.0. The second-order valence-electron chi connectivity index (χ2n) is 12.4. The number of benzene rings is 2. The molecule has 8 atom stereocenters. The molecule has 0 spiro atoms. The molecular formula is C31H38N2O14P3S-3. The van der Waals surface area contributed by atoms with Gasteiger partial charge in [-0.3, -0.25) is 18.3 Å². The van der Waals surface area contributed by atoms with Crippen molar-refractivity contribution in [3.63, 3.8) is 0 Å². The zero-order valence-corrected chi connectivity index (χ0v) is 31.1. The van der Waals surface area contributed by atoms with E-state index in [9.17, 15) is 33.2 Å². The van der Waals surface area contributed by atoms with Gasteiger partial charge in [-0.1, -0.05) is 75.4 Å². The standard InChI is InChI=1S/C31H41N2O14P3S/c1-2-3-9-18-41-48(35,36)46-50(39,40)47-49(37,38)42-20-25-27-28(45-30(44-27)23-15-14-21-10-7-8-11-22(21)19-23)29(43-25)33-17-16-26(32-31(33)34)51-24-12-5-4-6-13-24/h7-8,10-11,14-17,19,24-25,27-30H,2-6,9,12-13,18,20H2,1H3,(H,35,36)(H,37,38)(H,39,40)/p-3/t25-,27+,28?,29-,30?/m1/s1. The number of ether oxygens (including phenoxy) is 3. The molecule has 2 aliphatic heterocycles. The van der Waals surface area contributed by atoms with Crippen molar-refractivity contribution in [2.45, 2.75) is 99.4 Å². The first kappa shape index (κ1) is 38.9. The van der Waals surface area contributed by atoms with Gasteiger partial charge < -0.3 is 37.9 Å². The molecule has 51 heavy (non-hydrogen) atoms. The smallest absolute Gasteiger partial charge is 0.350 e. The number of aromatic nitrogens is 2. The molecule has 0 N–H and O–H groups in total. The van der Waals surface area contributed by atoms with E-state index in [0.29, 0.717) is 28.7 Å². The minimum atomic E-state index is -6.03. The number of thioether (sulfide) groups is 1. The van der Waals surface area contributed by atoms with Crippen LogP contribution in [0, 0.1) is 0 Å². The van der Waals surface area contributed by atoms with Gasteiger partial charge in [-0.15, -0.1) is 11.8 Å². The van der Waals surface area contributed by atoms with Crippen molar-refractivity contribution >= 4 is 46.0 Å². The van der Waals surface area contributed by atoms with Crippen LogP contribution in [0.4, 0.5) is 0 Å². The van der Waals surface area contributed by atoms with Gasteiger partial charge in [0.25, 0.3) is 23.5 Å². The van der Waals surface area contributed by atoms with Crippen LogP contribution >= 0.6 is 35.2 Å². The second-order valence-corrected chi connectivity index (χ2v) is 18.2. The summed E-state index contributed by atoms with van der Waals surface area (Å²) in [4.78, 5) is 54.3. The van der Waals surface area contributed by atoms with Crippen molar-refractivity contribution in [3.05, 3.63) is 70.8 Å². The highest BCUT2D eigenvalue weighted by atomic mass is 32.2. The Balaban J connectivity index is 1.17. The molecule has 20 heteroatoms. The number of fused-ring (bicyclic) bond motifs is 2. The van der Waals surface area contributed by atoms with Crippen LogP contribution in [0.3, 0.4) is 0 Å². The topological polar surface area (TPSA) is 220 Å². The predicted octanol–water partition coefficient (Wildman–Crippen LogP) is 4.86. The Hall–Kier alpha value is -1.78. The number of rotatable bonds is 16. The van der Waals surface area contributed by atoms with E-state index in [-0.39, 0.29) is 6.61 Å². The summed E-state index contributed by atoms with van der Waals surface area (Å²) in [7, 11) is -17.3. The fourth-order valence-corrected chi connectivity index (χ4v) is 10.8. The molecular weight excluding hydrogens is 749 g/mol. The summed E-state index contributed by atoms with van der Waals surface area (Å²) in [5.74, 6) is 0. The molecule has 2 aromatic carbocycles. The normalized spacial score (nSPS) is 27.5. The van der Waals surface area contributed by atoms with E-state index in [1.54, 1.807) is 17.8 Å². The molecule has 6 rings (SSSR count). The number of hydrogen-bond donors (Lipinski definition) is 0. The van der Waals surface area contributed by atoms with Crippen LogP contribution in [0.2, 0.25) is 0 Å². The van der Waals surface area contributed by atoms with Gasteiger partial charge in [0, 0.05) is 17.0 Å². The van der Waals surface area contributed by atoms with E-state index < -0.39 is 66.6 Å². The third-order valence-corrected chi connectivity index (χ3v) is 14.0. The number of phosphoric acid groups is 3. The van der Waals surface area contributed by atoms with Crippen molar-refractivity contribution in [2.75, 3.05) is 13.2 Å². The molecule has 0 radical (unpaired) electrons. The van der Waals surface area contributed by atoms with Crippen molar-refractivity contribution in [3.8, 4) is 0 Å². The first-order valence-electron chi connectivity index (χ1n) is 16.7. The van der Waals surface area contributed by atoms with Crippen molar-refractivity contribution in [1.82, 2.24) is 9.55 Å². The maximum Gasteiger partial charge on any atom is 0.350 e. The van der Waals surface area contributed by atoms with Crippen LogP contribution in [-0.4, -0.2) is 46.3 Å². The average Bonchev–Trinajstić information content (AvgIpc) is 3.65. The van der Waals surface area contributed by atoms with E-state index in [2.05, 4.69) is 18.1 Å². The summed E-state index contributed by atoms with van der Waals surface area (Å²) in [5.41, 5.74) is 0.0209. The molecule has 280 valence electrons. The van der Waals surface area contributed by atoms with Gasteiger partial charge in [0.2, 0.25) is 0 Å². The van der Waals surface area contributed by atoms with E-state index in [4.69, 9.17) is 18.7 Å². The molecule has 3 aromatic rings. The predicted molar refractivity (Wildman–Crippen MR) is 178 cm³/mol. The van der Waals surface area contributed by atoms with Crippen LogP contribution in [0.15, 0.2) is 64.5 Å². The Morgan fingerprint density at radius 3 is 2.29 bits per heavy atom. The van der Waals surface area contributed by atoms with Crippen LogP contribution in [0.5, 0.6) is 0 Å². The number of unbranched alkanes of at least 4 members (excludes halogenated alkanes) is 2. The molecule has 16 nitrogen and oxygen atoms in total. The van der Waals surface area contributed by atoms with Gasteiger partial charge in [0.05, 0.1) is 13.2 Å². The van der Waals surface area contributed by atoms with E-state index in [1.807, 2.05) is 49.4 Å². The van der Waals surface area contributed by atoms with E-state index in [0.717, 1.165) is 42.9 Å². The first-order valence-corrected chi connectivity index (χ1v) is 21.9. The Labute approximate surface area is 298 Å². The highest BCUT2D eigenvalue weighted by Gasteiger charge is 2.54. The van der Waals surface area contributed by atoms with Crippen LogP contribution in [-0.2, 0) is 45.6 Å². The summed E-state index contributed by atoms with van der Waals surface area (Å²) >= 11 is 1.55. The molecule has 5 unspecified atom stereocenters. The Kier molecular flexibility index (Phi) is 12.8. The quantitative estimate of drug-likeness (QED) is 0.107. The summed E-state index contributed by atoms with van der Waals surface area (Å²) in [5, 5.41) is 2.83. The average molecular weight is 788 g/mol. The summed E-state index contributed by atoms with van der Waals surface area (Å²) in [6.45, 7) is 0.634. The Bertz CT molecular complexity index is 1880. The lowest BCUT2D eigenvalue weighted by molar-refractivity contribution is -0.252. The maximum atomic E-state index is 13.3. The monoisotopic (exact) mass is 787 g/mol. The molecule has 3 aliphatic rings. The second kappa shape index (κ2) is 16.7. The molecule has 1 saturated carbocycles. The van der Waals surface area contributed by atoms with Crippen molar-refractivity contribution < 1.29 is 60.3 Å². The number of phosphoric ester groups is 2. The van der Waals surface area contributed by atoms with Gasteiger partial charge >= 0.3 is 5.69 Å². The SMILES string of the molecule is CCCCCOP(=O)([O-])OP(=O)([O-])OP(=O)([O-])OC[C@H]1O[C@@H](n2ccc(SC3CCCCC3)nc2=O)C2OC(c3ccc4ccccc4c3)O[C@H]21. The lowest BCUT2D eigenvalue weighted by Gasteiger charge is -2.34. The Morgan fingerprint density at radius 2 is 1.57 bits per heavy atom. The third kappa shape index (κ3) is 10.3. The van der Waals surface area contributed by atoms with E-state index >= 15 is 0 Å². The van der Waals surface area contributed by atoms with Gasteiger partial charge in [-0.05, 0) is 42.2 Å². The number of nitrogens with zero attached hydrogens (tertiary/aromatic N) is 2. The molecule has 2 saturated heterocycles. The molecule has 3 heterocycles. The van der Waals surface area contributed by atoms with Crippen LogP contribution < -0.4 is 20.4 Å². The minimum Gasteiger partial charge on any atom is -0.756 e. The van der Waals surface area contributed by atoms with Crippen LogP contribution in [0.25, 0.3) is 10.8 Å². The van der Waals surface area contributed by atoms with Gasteiger partial charge in [-0.25, -0.2) is 13.4 Å². The third-order valence-electron chi connectivity index (χ3n) is 8.61. The number of hydrogen-bond acceptors (Lipinski definition) is 16. The summed E-state index contributed by atoms with van der Waals surface area (Å²) in [6, 6.07) is 14.9. The summed E-state index contributed by atoms with van der Waals surface area (Å²) in [6.07, 6.45) is 3.39. The maximum absolute atomic E-state index is 13.3. The molecule has 0 amide bonds. The zero-order chi connectivity index (χ0) is 36.2. The van der Waals surface area contributed by atoms with Gasteiger partial charge in [0.15, 0.2) is 12.5 Å². The largest absolute Gasteiger partial charge is 0.756 e. The van der Waals surface area contributed by atoms with Crippen molar-refractivity contribution in [2.24, 2.45) is 0 Å².